The molecule has 0 saturated heterocycles. The average molecular weight is 509 g/mol. The average Bonchev–Trinajstić information content (AvgIpc) is 3.53. The number of thiol groups is 1. The molecule has 0 aromatic carbocycles. The van der Waals surface area contributed by atoms with E-state index in [1.165, 1.54) is 18.9 Å². The predicted octanol–water partition coefficient (Wildman–Crippen LogP) is -1.24. The first kappa shape index (κ1) is 27.9. The molecule has 0 aliphatic heterocycles. The Bertz CT molecular complexity index is 969. The maximum Gasteiger partial charge on any atom is 0.326 e. The van der Waals surface area contributed by atoms with Crippen LogP contribution in [0.5, 0.6) is 0 Å². The third-order valence-electron chi connectivity index (χ3n) is 5.54. The van der Waals surface area contributed by atoms with Crippen molar-refractivity contribution in [3.05, 3.63) is 36.4 Å². The first-order chi connectivity index (χ1) is 16.7. The number of rotatable bonds is 14. The topological polar surface area (TPSA) is 208 Å². The molecule has 192 valence electrons. The van der Waals surface area contributed by atoms with Gasteiger partial charge in [-0.3, -0.25) is 14.4 Å². The van der Waals surface area contributed by atoms with Crippen molar-refractivity contribution in [1.82, 2.24) is 35.9 Å². The van der Waals surface area contributed by atoms with E-state index in [0.717, 1.165) is 0 Å². The number of carbonyl (C=O) groups is 4. The van der Waals surface area contributed by atoms with Crippen molar-refractivity contribution in [2.75, 3.05) is 5.75 Å². The molecular weight excluding hydrogens is 476 g/mol. The SMILES string of the molecule is CCC(C)C(NC(=O)C(Cc1cnc[nH]1)NC(=O)C(CS)NC(=O)C(N)Cc1cnc[nH]1)C(=O)O. The van der Waals surface area contributed by atoms with Crippen LogP contribution in [0.4, 0.5) is 0 Å². The number of aromatic amines is 2. The summed E-state index contributed by atoms with van der Waals surface area (Å²) in [5, 5.41) is 17.1. The second kappa shape index (κ2) is 13.5. The number of carbonyl (C=O) groups excluding carboxylic acids is 3. The predicted molar refractivity (Wildman–Crippen MR) is 129 cm³/mol. The van der Waals surface area contributed by atoms with E-state index in [1.54, 1.807) is 13.1 Å². The summed E-state index contributed by atoms with van der Waals surface area (Å²) in [6, 6.07) is -4.29. The van der Waals surface area contributed by atoms with Crippen LogP contribution in [0.1, 0.15) is 31.7 Å². The Labute approximate surface area is 207 Å². The maximum atomic E-state index is 13.0. The molecule has 2 rings (SSSR count). The Morgan fingerprint density at radius 2 is 1.51 bits per heavy atom. The van der Waals surface area contributed by atoms with Crippen molar-refractivity contribution in [1.29, 1.82) is 0 Å². The van der Waals surface area contributed by atoms with Crippen molar-refractivity contribution in [3.63, 3.8) is 0 Å². The highest BCUT2D eigenvalue weighted by Gasteiger charge is 2.32. The Kier molecular flexibility index (Phi) is 10.7. The van der Waals surface area contributed by atoms with E-state index in [4.69, 9.17) is 5.73 Å². The number of imidazole rings is 2. The summed E-state index contributed by atoms with van der Waals surface area (Å²) < 4.78 is 0. The normalized spacial score (nSPS) is 15.3. The number of carboxylic acids is 1. The van der Waals surface area contributed by atoms with Crippen LogP contribution in [0.25, 0.3) is 0 Å². The Morgan fingerprint density at radius 1 is 0.971 bits per heavy atom. The van der Waals surface area contributed by atoms with Gasteiger partial charge in [0.1, 0.15) is 18.1 Å². The summed E-state index contributed by atoms with van der Waals surface area (Å²) in [5.41, 5.74) is 7.14. The standard InChI is InChI=1S/C21H32N8O5S/c1-3-11(2)17(21(33)34)29-19(31)15(5-13-7-24-10-26-13)27-20(32)16(8-35)28-18(30)14(22)4-12-6-23-9-25-12/h6-7,9-11,14-17,35H,3-5,8,22H2,1-2H3,(H,23,25)(H,24,26)(H,27,32)(H,28,30)(H,29,31)(H,33,34). The highest BCUT2D eigenvalue weighted by Crippen LogP contribution is 2.09. The van der Waals surface area contributed by atoms with E-state index in [1.807, 2.05) is 6.92 Å². The van der Waals surface area contributed by atoms with Gasteiger partial charge in [-0.1, -0.05) is 20.3 Å². The third kappa shape index (κ3) is 8.40. The van der Waals surface area contributed by atoms with E-state index in [2.05, 4.69) is 48.5 Å². The smallest absolute Gasteiger partial charge is 0.326 e. The molecule has 2 aromatic rings. The van der Waals surface area contributed by atoms with Crippen LogP contribution in [-0.2, 0) is 32.0 Å². The minimum atomic E-state index is -1.17. The molecule has 5 unspecified atom stereocenters. The molecule has 8 N–H and O–H groups in total. The van der Waals surface area contributed by atoms with Crippen molar-refractivity contribution in [3.8, 4) is 0 Å². The highest BCUT2D eigenvalue weighted by atomic mass is 32.1. The lowest BCUT2D eigenvalue weighted by Gasteiger charge is -2.26. The minimum Gasteiger partial charge on any atom is -0.480 e. The van der Waals surface area contributed by atoms with Crippen LogP contribution in [0.3, 0.4) is 0 Å². The van der Waals surface area contributed by atoms with Crippen LogP contribution in [0.2, 0.25) is 0 Å². The Hall–Kier alpha value is -3.39. The van der Waals surface area contributed by atoms with Gasteiger partial charge in [0.25, 0.3) is 0 Å². The van der Waals surface area contributed by atoms with Gasteiger partial charge in [0.15, 0.2) is 0 Å². The molecule has 2 aromatic heterocycles. The molecular formula is C21H32N8O5S. The number of hydrogen-bond acceptors (Lipinski definition) is 8. The van der Waals surface area contributed by atoms with Crippen LogP contribution in [0, 0.1) is 5.92 Å². The third-order valence-corrected chi connectivity index (χ3v) is 5.90. The molecule has 3 amide bonds. The van der Waals surface area contributed by atoms with Gasteiger partial charge in [0.05, 0.1) is 18.7 Å². The fraction of sp³-hybridized carbons (Fsp3) is 0.524. The molecule has 0 bridgehead atoms. The van der Waals surface area contributed by atoms with Crippen molar-refractivity contribution in [2.45, 2.75) is 57.3 Å². The summed E-state index contributed by atoms with van der Waals surface area (Å²) >= 11 is 4.15. The summed E-state index contributed by atoms with van der Waals surface area (Å²) in [6.07, 6.45) is 6.65. The van der Waals surface area contributed by atoms with E-state index in [9.17, 15) is 24.3 Å². The molecule has 35 heavy (non-hydrogen) atoms. The summed E-state index contributed by atoms with van der Waals surface area (Å²) in [7, 11) is 0. The van der Waals surface area contributed by atoms with Crippen molar-refractivity contribution >= 4 is 36.3 Å². The lowest BCUT2D eigenvalue weighted by atomic mass is 9.98. The fourth-order valence-electron chi connectivity index (χ4n) is 3.23. The molecule has 2 heterocycles. The Balaban J connectivity index is 2.09. The Morgan fingerprint density at radius 3 is 2.00 bits per heavy atom. The molecule has 0 saturated carbocycles. The first-order valence-corrected chi connectivity index (χ1v) is 11.7. The maximum absolute atomic E-state index is 13.0. The van der Waals surface area contributed by atoms with Crippen LogP contribution < -0.4 is 21.7 Å². The molecule has 0 radical (unpaired) electrons. The quantitative estimate of drug-likeness (QED) is 0.144. The number of carboxylic acid groups (broad SMARTS) is 1. The molecule has 5 atom stereocenters. The van der Waals surface area contributed by atoms with Crippen LogP contribution >= 0.6 is 12.6 Å². The zero-order valence-electron chi connectivity index (χ0n) is 19.5. The van der Waals surface area contributed by atoms with Crippen molar-refractivity contribution < 1.29 is 24.3 Å². The monoisotopic (exact) mass is 508 g/mol. The lowest BCUT2D eigenvalue weighted by Crippen LogP contribution is -2.58. The fourth-order valence-corrected chi connectivity index (χ4v) is 3.49. The van der Waals surface area contributed by atoms with Gasteiger partial charge in [-0.25, -0.2) is 14.8 Å². The molecule has 13 nitrogen and oxygen atoms in total. The van der Waals surface area contributed by atoms with Gasteiger partial charge in [0, 0.05) is 42.4 Å². The second-order valence-corrected chi connectivity index (χ2v) is 8.55. The number of nitrogens with zero attached hydrogens (tertiary/aromatic N) is 2. The van der Waals surface area contributed by atoms with Gasteiger partial charge < -0.3 is 36.8 Å². The summed E-state index contributed by atoms with van der Waals surface area (Å²) in [4.78, 5) is 63.6. The number of hydrogen-bond donors (Lipinski definition) is 8. The van der Waals surface area contributed by atoms with Crippen molar-refractivity contribution in [2.24, 2.45) is 11.7 Å². The van der Waals surface area contributed by atoms with E-state index in [0.29, 0.717) is 17.8 Å². The first-order valence-electron chi connectivity index (χ1n) is 11.1. The summed E-state index contributed by atoms with van der Waals surface area (Å²) in [5.74, 6) is -3.49. The molecule has 0 aliphatic carbocycles. The van der Waals surface area contributed by atoms with E-state index in [-0.39, 0.29) is 24.5 Å². The van der Waals surface area contributed by atoms with E-state index < -0.39 is 47.9 Å². The minimum absolute atomic E-state index is 0.0248. The zero-order valence-corrected chi connectivity index (χ0v) is 20.4. The molecule has 0 fully saturated rings. The molecule has 14 heteroatoms. The molecule has 0 spiro atoms. The van der Waals surface area contributed by atoms with Gasteiger partial charge >= 0.3 is 5.97 Å². The number of H-pyrrole nitrogens is 2. The number of amides is 3. The van der Waals surface area contributed by atoms with Gasteiger partial charge in [-0.15, -0.1) is 0 Å². The van der Waals surface area contributed by atoms with Gasteiger partial charge in [0.2, 0.25) is 17.7 Å². The number of nitrogens with one attached hydrogen (secondary N) is 5. The van der Waals surface area contributed by atoms with Crippen LogP contribution in [0.15, 0.2) is 25.0 Å². The number of aromatic nitrogens is 4. The zero-order chi connectivity index (χ0) is 26.0. The number of nitrogens with two attached hydrogens (primary N) is 1. The van der Waals surface area contributed by atoms with E-state index >= 15 is 0 Å². The number of aliphatic carboxylic acids is 1. The summed E-state index contributed by atoms with van der Waals surface area (Å²) in [6.45, 7) is 3.52. The van der Waals surface area contributed by atoms with Gasteiger partial charge in [-0.05, 0) is 5.92 Å². The largest absolute Gasteiger partial charge is 0.480 e. The van der Waals surface area contributed by atoms with Crippen LogP contribution in [-0.4, -0.2) is 78.7 Å². The molecule has 0 aliphatic rings. The lowest BCUT2D eigenvalue weighted by molar-refractivity contribution is -0.143. The van der Waals surface area contributed by atoms with Gasteiger partial charge in [-0.2, -0.15) is 12.6 Å². The highest BCUT2D eigenvalue weighted by molar-refractivity contribution is 7.80. The second-order valence-electron chi connectivity index (χ2n) is 8.18.